The molecule has 0 spiro atoms. The van der Waals surface area contributed by atoms with Gasteiger partial charge in [-0.05, 0) is 50.2 Å². The van der Waals surface area contributed by atoms with Crippen LogP contribution in [-0.4, -0.2) is 17.1 Å². The fraction of sp³-hybridized carbons (Fsp3) is 0.200. The number of hydrogen-bond donors (Lipinski definition) is 3. The van der Waals surface area contributed by atoms with E-state index in [0.717, 1.165) is 5.69 Å². The van der Waals surface area contributed by atoms with Gasteiger partial charge in [0, 0.05) is 16.8 Å². The smallest absolute Gasteiger partial charge is 0.319 e. The maximum absolute atomic E-state index is 11.6. The van der Waals surface area contributed by atoms with Crippen molar-refractivity contribution in [2.45, 2.75) is 19.9 Å². The van der Waals surface area contributed by atoms with Gasteiger partial charge >= 0.3 is 6.03 Å². The number of urea groups is 1. The quantitative estimate of drug-likeness (QED) is 0.799. The van der Waals surface area contributed by atoms with Crippen LogP contribution in [-0.2, 0) is 0 Å². The highest BCUT2D eigenvalue weighted by Crippen LogP contribution is 2.18. The minimum absolute atomic E-state index is 0.0869. The van der Waals surface area contributed by atoms with Gasteiger partial charge in [-0.2, -0.15) is 0 Å². The molecule has 0 bridgehead atoms. The predicted molar refractivity (Wildman–Crippen MR) is 86.3 cm³/mol. The van der Waals surface area contributed by atoms with Gasteiger partial charge < -0.3 is 16.0 Å². The molecule has 5 nitrogen and oxygen atoms in total. The zero-order valence-electron chi connectivity index (χ0n) is 11.9. The van der Waals surface area contributed by atoms with E-state index in [0.29, 0.717) is 16.5 Å². The number of anilines is 3. The van der Waals surface area contributed by atoms with Crippen LogP contribution in [0.1, 0.15) is 13.8 Å². The summed E-state index contributed by atoms with van der Waals surface area (Å²) in [6.07, 6.45) is 1.60. The van der Waals surface area contributed by atoms with E-state index < -0.39 is 0 Å². The minimum Gasteiger partial charge on any atom is -0.340 e. The number of pyridine rings is 1. The third kappa shape index (κ3) is 4.96. The zero-order valence-corrected chi connectivity index (χ0v) is 12.6. The lowest BCUT2D eigenvalue weighted by Crippen LogP contribution is -2.34. The largest absolute Gasteiger partial charge is 0.340 e. The summed E-state index contributed by atoms with van der Waals surface area (Å²) in [6.45, 7) is 3.80. The lowest BCUT2D eigenvalue weighted by atomic mass is 10.3. The highest BCUT2D eigenvalue weighted by atomic mass is 35.5. The molecular weight excluding hydrogens is 288 g/mol. The molecule has 0 radical (unpaired) electrons. The summed E-state index contributed by atoms with van der Waals surface area (Å²) in [5.41, 5.74) is 1.53. The van der Waals surface area contributed by atoms with Gasteiger partial charge in [-0.3, -0.25) is 0 Å². The molecule has 1 aromatic carbocycles. The Morgan fingerprint density at radius 3 is 2.33 bits per heavy atom. The second-order valence-electron chi connectivity index (χ2n) is 4.82. The molecule has 2 rings (SSSR count). The Balaban J connectivity index is 1.95. The number of hydrogen-bond acceptors (Lipinski definition) is 3. The van der Waals surface area contributed by atoms with Crippen molar-refractivity contribution in [1.82, 2.24) is 10.3 Å². The lowest BCUT2D eigenvalue weighted by Gasteiger charge is -2.10. The molecule has 21 heavy (non-hydrogen) atoms. The lowest BCUT2D eigenvalue weighted by molar-refractivity contribution is 0.250. The first-order valence-electron chi connectivity index (χ1n) is 6.59. The molecule has 6 heteroatoms. The summed E-state index contributed by atoms with van der Waals surface area (Å²) in [6, 6.07) is 10.8. The van der Waals surface area contributed by atoms with E-state index in [1.165, 1.54) is 0 Å². The molecule has 2 amide bonds. The molecule has 3 N–H and O–H groups in total. The normalized spacial score (nSPS) is 10.3. The monoisotopic (exact) mass is 304 g/mol. The predicted octanol–water partition coefficient (Wildman–Crippen LogP) is 4.01. The van der Waals surface area contributed by atoms with Crippen LogP contribution in [0.25, 0.3) is 0 Å². The molecule has 0 aliphatic heterocycles. The molecule has 0 atom stereocenters. The highest BCUT2D eigenvalue weighted by molar-refractivity contribution is 6.30. The van der Waals surface area contributed by atoms with E-state index in [9.17, 15) is 4.79 Å². The number of amides is 2. The Hall–Kier alpha value is -2.27. The van der Waals surface area contributed by atoms with Gasteiger partial charge in [-0.15, -0.1) is 0 Å². The van der Waals surface area contributed by atoms with Crippen LogP contribution in [0.3, 0.4) is 0 Å². The van der Waals surface area contributed by atoms with Crippen LogP contribution in [0.2, 0.25) is 5.02 Å². The fourth-order valence-corrected chi connectivity index (χ4v) is 1.78. The third-order valence-corrected chi connectivity index (χ3v) is 2.81. The fourth-order valence-electron chi connectivity index (χ4n) is 1.65. The van der Waals surface area contributed by atoms with Gasteiger partial charge in [0.25, 0.3) is 0 Å². The second-order valence-corrected chi connectivity index (χ2v) is 5.25. The van der Waals surface area contributed by atoms with E-state index >= 15 is 0 Å². The van der Waals surface area contributed by atoms with Crippen LogP contribution < -0.4 is 16.0 Å². The molecule has 0 aliphatic rings. The molecule has 2 aromatic rings. The Bertz CT molecular complexity index is 596. The van der Waals surface area contributed by atoms with Gasteiger partial charge in [0.15, 0.2) is 0 Å². The molecular formula is C15H17ClN4O. The Morgan fingerprint density at radius 1 is 1.10 bits per heavy atom. The second kappa shape index (κ2) is 6.95. The van der Waals surface area contributed by atoms with Crippen LogP contribution in [0.15, 0.2) is 42.6 Å². The highest BCUT2D eigenvalue weighted by Gasteiger charge is 2.03. The average molecular weight is 305 g/mol. The van der Waals surface area contributed by atoms with Gasteiger partial charge in [-0.25, -0.2) is 9.78 Å². The number of nitrogens with zero attached hydrogens (tertiary/aromatic N) is 1. The van der Waals surface area contributed by atoms with Crippen LogP contribution in [0.5, 0.6) is 0 Å². The van der Waals surface area contributed by atoms with Crippen LogP contribution in [0, 0.1) is 0 Å². The first-order chi connectivity index (χ1) is 10.0. The van der Waals surface area contributed by atoms with Crippen molar-refractivity contribution in [3.63, 3.8) is 0 Å². The summed E-state index contributed by atoms with van der Waals surface area (Å²) in [4.78, 5) is 15.8. The molecule has 0 aliphatic carbocycles. The van der Waals surface area contributed by atoms with Gasteiger partial charge in [0.05, 0.1) is 11.9 Å². The Labute approximate surface area is 128 Å². The maximum Gasteiger partial charge on any atom is 0.319 e. The van der Waals surface area contributed by atoms with Gasteiger partial charge in [-0.1, -0.05) is 11.6 Å². The maximum atomic E-state index is 11.6. The van der Waals surface area contributed by atoms with Gasteiger partial charge in [0.1, 0.15) is 5.82 Å². The molecule has 0 unspecified atom stereocenters. The number of halogens is 1. The van der Waals surface area contributed by atoms with E-state index in [1.807, 2.05) is 26.0 Å². The van der Waals surface area contributed by atoms with E-state index in [2.05, 4.69) is 20.9 Å². The van der Waals surface area contributed by atoms with Crippen molar-refractivity contribution in [3.8, 4) is 0 Å². The molecule has 110 valence electrons. The minimum atomic E-state index is -0.245. The molecule has 0 saturated heterocycles. The van der Waals surface area contributed by atoms with E-state index in [1.54, 1.807) is 30.5 Å². The third-order valence-electron chi connectivity index (χ3n) is 2.56. The molecule has 1 aromatic heterocycles. The number of carbonyl (C=O) groups is 1. The number of aromatic nitrogens is 1. The van der Waals surface area contributed by atoms with Crippen molar-refractivity contribution in [3.05, 3.63) is 47.6 Å². The van der Waals surface area contributed by atoms with E-state index in [-0.39, 0.29) is 12.1 Å². The SMILES string of the molecule is CC(C)NC(=O)Nc1ccc(Nc2ccc(Cl)cc2)nc1. The van der Waals surface area contributed by atoms with Crippen LogP contribution >= 0.6 is 11.6 Å². The summed E-state index contributed by atoms with van der Waals surface area (Å²) in [7, 11) is 0. The molecule has 1 heterocycles. The first-order valence-corrected chi connectivity index (χ1v) is 6.97. The summed E-state index contributed by atoms with van der Waals surface area (Å²) < 4.78 is 0. The summed E-state index contributed by atoms with van der Waals surface area (Å²) >= 11 is 5.83. The Morgan fingerprint density at radius 2 is 1.76 bits per heavy atom. The Kier molecular flexibility index (Phi) is 5.00. The summed E-state index contributed by atoms with van der Waals surface area (Å²) in [5.74, 6) is 0.687. The van der Waals surface area contributed by atoms with Crippen LogP contribution in [0.4, 0.5) is 22.0 Å². The number of nitrogens with one attached hydrogen (secondary N) is 3. The van der Waals surface area contributed by atoms with Crippen molar-refractivity contribution < 1.29 is 4.79 Å². The molecule has 0 saturated carbocycles. The number of carbonyl (C=O) groups excluding carboxylic acids is 1. The first kappa shape index (κ1) is 15.1. The zero-order chi connectivity index (χ0) is 15.2. The van der Waals surface area contributed by atoms with E-state index in [4.69, 9.17) is 11.6 Å². The van der Waals surface area contributed by atoms with Crippen molar-refractivity contribution in [1.29, 1.82) is 0 Å². The summed E-state index contributed by atoms with van der Waals surface area (Å²) in [5, 5.41) is 9.29. The molecule has 0 fully saturated rings. The number of benzene rings is 1. The van der Waals surface area contributed by atoms with Crippen molar-refractivity contribution in [2.75, 3.05) is 10.6 Å². The average Bonchev–Trinajstić information content (AvgIpc) is 2.42. The topological polar surface area (TPSA) is 66.1 Å². The van der Waals surface area contributed by atoms with Crippen molar-refractivity contribution >= 4 is 34.8 Å². The standard InChI is InChI=1S/C15H17ClN4O/c1-10(2)18-15(21)20-13-7-8-14(17-9-13)19-12-5-3-11(16)4-6-12/h3-10H,1-2H3,(H,17,19)(H2,18,20,21). The van der Waals surface area contributed by atoms with Crippen molar-refractivity contribution in [2.24, 2.45) is 0 Å². The van der Waals surface area contributed by atoms with Gasteiger partial charge in [0.2, 0.25) is 0 Å². The number of rotatable bonds is 4.